The van der Waals surface area contributed by atoms with E-state index in [1.54, 1.807) is 13.4 Å². The molecule has 5 aromatic rings. The van der Waals surface area contributed by atoms with Gasteiger partial charge in [0.1, 0.15) is 29.5 Å². The average Bonchev–Trinajstić information content (AvgIpc) is 3.39. The van der Waals surface area contributed by atoms with E-state index in [9.17, 15) is 0 Å². The van der Waals surface area contributed by atoms with Crippen molar-refractivity contribution in [3.63, 3.8) is 0 Å². The molecular weight excluding hydrogens is 450 g/mol. The Hall–Kier alpha value is -4.20. The zero-order chi connectivity index (χ0) is 25.6. The molecule has 184 valence electrons. The van der Waals surface area contributed by atoms with Gasteiger partial charge in [-0.15, -0.1) is 0 Å². The van der Waals surface area contributed by atoms with Gasteiger partial charge in [-0.1, -0.05) is 26.8 Å². The highest BCUT2D eigenvalue weighted by atomic mass is 16.5. The van der Waals surface area contributed by atoms with Crippen molar-refractivity contribution in [2.45, 2.75) is 47.0 Å². The summed E-state index contributed by atoms with van der Waals surface area (Å²) in [6.45, 7) is 12.6. The van der Waals surface area contributed by atoms with Crippen molar-refractivity contribution in [3.05, 3.63) is 77.5 Å². The molecule has 0 aliphatic carbocycles. The number of pyridine rings is 1. The number of hydrogen-bond donors (Lipinski definition) is 1. The molecule has 0 saturated heterocycles. The Morgan fingerprint density at radius 2 is 1.69 bits per heavy atom. The van der Waals surface area contributed by atoms with Gasteiger partial charge in [0.15, 0.2) is 5.65 Å². The predicted molar refractivity (Wildman–Crippen MR) is 143 cm³/mol. The number of aromatic nitrogens is 6. The average molecular weight is 482 g/mol. The Balaban J connectivity index is 1.66. The SMILES string of the molecule is COc1ccc(-n2nc(C(C)(C)C)cc2Nc2ncnc3c2c(C)c(C)n3-c2cccc(C)n2)cc1. The second kappa shape index (κ2) is 8.78. The van der Waals surface area contributed by atoms with Crippen molar-refractivity contribution in [3.8, 4) is 17.3 Å². The fourth-order valence-corrected chi connectivity index (χ4v) is 4.31. The van der Waals surface area contributed by atoms with Gasteiger partial charge in [-0.25, -0.2) is 19.6 Å². The van der Waals surface area contributed by atoms with Crippen LogP contribution >= 0.6 is 0 Å². The monoisotopic (exact) mass is 481 g/mol. The van der Waals surface area contributed by atoms with Crippen LogP contribution in [-0.2, 0) is 5.41 Å². The number of methoxy groups -OCH3 is 1. The van der Waals surface area contributed by atoms with E-state index in [2.05, 4.69) is 60.5 Å². The highest BCUT2D eigenvalue weighted by Crippen LogP contribution is 2.34. The second-order valence-corrected chi connectivity index (χ2v) is 10.0. The number of fused-ring (bicyclic) bond motifs is 1. The lowest BCUT2D eigenvalue weighted by molar-refractivity contribution is 0.414. The number of benzene rings is 1. The van der Waals surface area contributed by atoms with Crippen LogP contribution in [0.15, 0.2) is 54.9 Å². The Bertz CT molecular complexity index is 1560. The van der Waals surface area contributed by atoms with E-state index in [0.717, 1.165) is 62.6 Å². The molecule has 0 unspecified atom stereocenters. The molecule has 0 fully saturated rings. The Kier molecular flexibility index (Phi) is 5.74. The van der Waals surface area contributed by atoms with Gasteiger partial charge in [0, 0.05) is 22.9 Å². The molecule has 4 aromatic heterocycles. The number of rotatable bonds is 5. The molecule has 0 radical (unpaired) electrons. The van der Waals surface area contributed by atoms with Gasteiger partial charge >= 0.3 is 0 Å². The summed E-state index contributed by atoms with van der Waals surface area (Å²) in [4.78, 5) is 14.0. The van der Waals surface area contributed by atoms with Gasteiger partial charge in [-0.3, -0.25) is 4.57 Å². The number of nitrogens with one attached hydrogen (secondary N) is 1. The van der Waals surface area contributed by atoms with Crippen LogP contribution in [0, 0.1) is 20.8 Å². The first-order valence-electron chi connectivity index (χ1n) is 12.0. The number of nitrogens with zero attached hydrogens (tertiary/aromatic N) is 6. The third-order valence-electron chi connectivity index (χ3n) is 6.44. The first kappa shape index (κ1) is 23.5. The fourth-order valence-electron chi connectivity index (χ4n) is 4.31. The summed E-state index contributed by atoms with van der Waals surface area (Å²) < 4.78 is 9.34. The zero-order valence-electron chi connectivity index (χ0n) is 21.8. The van der Waals surface area contributed by atoms with Crippen molar-refractivity contribution in [1.82, 2.24) is 29.3 Å². The summed E-state index contributed by atoms with van der Waals surface area (Å²) in [5, 5.41) is 9.46. The van der Waals surface area contributed by atoms with E-state index < -0.39 is 0 Å². The molecule has 5 rings (SSSR count). The van der Waals surface area contributed by atoms with Crippen molar-refractivity contribution in [1.29, 1.82) is 0 Å². The zero-order valence-corrected chi connectivity index (χ0v) is 21.8. The van der Waals surface area contributed by atoms with Crippen LogP contribution < -0.4 is 10.1 Å². The summed E-state index contributed by atoms with van der Waals surface area (Å²) in [5.74, 6) is 3.19. The first-order chi connectivity index (χ1) is 17.2. The van der Waals surface area contributed by atoms with Crippen molar-refractivity contribution >= 4 is 22.7 Å². The minimum Gasteiger partial charge on any atom is -0.497 e. The molecule has 1 N–H and O–H groups in total. The minimum absolute atomic E-state index is 0.123. The van der Waals surface area contributed by atoms with E-state index >= 15 is 0 Å². The molecule has 0 spiro atoms. The molecule has 1 aromatic carbocycles. The third-order valence-corrected chi connectivity index (χ3v) is 6.44. The van der Waals surface area contributed by atoms with E-state index in [0.29, 0.717) is 0 Å². The lowest BCUT2D eigenvalue weighted by Gasteiger charge is -2.14. The van der Waals surface area contributed by atoms with Crippen molar-refractivity contribution < 1.29 is 4.74 Å². The lowest BCUT2D eigenvalue weighted by Crippen LogP contribution is -2.12. The molecule has 0 aliphatic rings. The third kappa shape index (κ3) is 4.08. The van der Waals surface area contributed by atoms with Crippen LogP contribution in [-0.4, -0.2) is 36.4 Å². The number of hydrogen-bond acceptors (Lipinski definition) is 6. The van der Waals surface area contributed by atoms with Crippen LogP contribution in [0.3, 0.4) is 0 Å². The molecule has 0 atom stereocenters. The summed E-state index contributed by atoms with van der Waals surface area (Å²) in [6.07, 6.45) is 1.59. The molecular formula is C28H31N7O. The maximum atomic E-state index is 5.34. The Labute approximate surface area is 211 Å². The molecule has 0 aliphatic heterocycles. The normalized spacial score (nSPS) is 11.8. The minimum atomic E-state index is -0.123. The van der Waals surface area contributed by atoms with Crippen molar-refractivity contribution in [2.24, 2.45) is 0 Å². The van der Waals surface area contributed by atoms with Crippen molar-refractivity contribution in [2.75, 3.05) is 12.4 Å². The highest BCUT2D eigenvalue weighted by Gasteiger charge is 2.23. The number of anilines is 2. The van der Waals surface area contributed by atoms with Gasteiger partial charge in [-0.05, 0) is 62.7 Å². The van der Waals surface area contributed by atoms with Crippen LogP contribution in [0.2, 0.25) is 0 Å². The lowest BCUT2D eigenvalue weighted by atomic mass is 9.92. The van der Waals surface area contributed by atoms with E-state index in [1.165, 1.54) is 0 Å². The Morgan fingerprint density at radius 1 is 0.944 bits per heavy atom. The van der Waals surface area contributed by atoms with Crippen LogP contribution in [0.25, 0.3) is 22.5 Å². The van der Waals surface area contributed by atoms with Gasteiger partial charge in [0.05, 0.1) is 23.9 Å². The van der Waals surface area contributed by atoms with E-state index in [-0.39, 0.29) is 5.41 Å². The predicted octanol–water partition coefficient (Wildman–Crippen LogP) is 5.98. The van der Waals surface area contributed by atoms with E-state index in [1.807, 2.05) is 54.1 Å². The van der Waals surface area contributed by atoms with Gasteiger partial charge in [-0.2, -0.15) is 5.10 Å². The van der Waals surface area contributed by atoms with Gasteiger partial charge in [0.2, 0.25) is 0 Å². The van der Waals surface area contributed by atoms with Crippen LogP contribution in [0.5, 0.6) is 5.75 Å². The standard InChI is InChI=1S/C28H31N7O/c1-17-9-8-10-23(31-17)34-19(3)18(2)25-26(29-16-30-27(25)34)32-24-15-22(28(4,5)6)33-35(24)20-11-13-21(36-7)14-12-20/h8-16H,1-7H3,(H,29,30,32). The van der Waals surface area contributed by atoms with Gasteiger partial charge in [0.25, 0.3) is 0 Å². The quantitative estimate of drug-likeness (QED) is 0.333. The summed E-state index contributed by atoms with van der Waals surface area (Å²) in [6, 6.07) is 15.9. The molecule has 0 amide bonds. The molecule has 8 heteroatoms. The molecule has 0 bridgehead atoms. The maximum Gasteiger partial charge on any atom is 0.151 e. The maximum absolute atomic E-state index is 5.34. The number of ether oxygens (including phenoxy) is 1. The molecule has 0 saturated carbocycles. The molecule has 36 heavy (non-hydrogen) atoms. The summed E-state index contributed by atoms with van der Waals surface area (Å²) in [5.41, 5.74) is 5.72. The van der Waals surface area contributed by atoms with Crippen LogP contribution in [0.1, 0.15) is 43.4 Å². The van der Waals surface area contributed by atoms with Crippen LogP contribution in [0.4, 0.5) is 11.6 Å². The fraction of sp³-hybridized carbons (Fsp3) is 0.286. The first-order valence-corrected chi connectivity index (χ1v) is 12.0. The second-order valence-electron chi connectivity index (χ2n) is 10.0. The highest BCUT2D eigenvalue weighted by molar-refractivity contribution is 5.94. The molecule has 4 heterocycles. The summed E-state index contributed by atoms with van der Waals surface area (Å²) in [7, 11) is 1.66. The largest absolute Gasteiger partial charge is 0.497 e. The van der Waals surface area contributed by atoms with Gasteiger partial charge < -0.3 is 10.1 Å². The smallest absolute Gasteiger partial charge is 0.151 e. The van der Waals surface area contributed by atoms with E-state index in [4.69, 9.17) is 14.8 Å². The Morgan fingerprint density at radius 3 is 2.36 bits per heavy atom. The number of aryl methyl sites for hydroxylation is 2. The molecule has 8 nitrogen and oxygen atoms in total. The topological polar surface area (TPSA) is 82.7 Å². The summed E-state index contributed by atoms with van der Waals surface area (Å²) >= 11 is 0.